The van der Waals surface area contributed by atoms with Gasteiger partial charge in [0.25, 0.3) is 0 Å². The number of hydrogen-bond donors (Lipinski definition) is 0. The van der Waals surface area contributed by atoms with E-state index in [4.69, 9.17) is 16.6 Å². The first-order chi connectivity index (χ1) is 9.99. The largest absolute Gasteiger partial charge is 0.294 e. The molecule has 0 radical (unpaired) electrons. The van der Waals surface area contributed by atoms with Crippen molar-refractivity contribution in [3.8, 4) is 5.69 Å². The van der Waals surface area contributed by atoms with Crippen LogP contribution in [0, 0.1) is 10.5 Å². The summed E-state index contributed by atoms with van der Waals surface area (Å²) in [5, 5.41) is -0.164. The van der Waals surface area contributed by atoms with E-state index in [1.165, 1.54) is 9.13 Å². The molecule has 2 aromatic carbocycles. The highest BCUT2D eigenvalue weighted by Gasteiger charge is 2.18. The summed E-state index contributed by atoms with van der Waals surface area (Å²) < 4.78 is 4.38. The second-order valence-corrected chi connectivity index (χ2v) is 7.66. The first kappa shape index (κ1) is 15.3. The van der Waals surface area contributed by atoms with Gasteiger partial charge in [-0.1, -0.05) is 12.1 Å². The van der Waals surface area contributed by atoms with Gasteiger partial charge in [-0.15, -0.1) is 11.6 Å². The first-order valence-electron chi connectivity index (χ1n) is 6.56. The number of aromatic nitrogens is 2. The molecule has 1 heterocycles. The van der Waals surface area contributed by atoms with E-state index >= 15 is 0 Å². The predicted molar refractivity (Wildman–Crippen MR) is 100 cm³/mol. The molecule has 1 atom stereocenters. The van der Waals surface area contributed by atoms with Gasteiger partial charge in [0.15, 0.2) is 0 Å². The summed E-state index contributed by atoms with van der Waals surface area (Å²) in [6, 6.07) is 12.5. The summed E-state index contributed by atoms with van der Waals surface area (Å²) in [4.78, 5) is 4.73. The molecule has 3 rings (SSSR count). The highest BCUT2D eigenvalue weighted by molar-refractivity contribution is 14.1. The molecule has 3 aromatic rings. The molecule has 0 aliphatic rings. The van der Waals surface area contributed by atoms with Crippen molar-refractivity contribution in [2.45, 2.75) is 19.2 Å². The molecule has 1 unspecified atom stereocenters. The van der Waals surface area contributed by atoms with Gasteiger partial charge < -0.3 is 0 Å². The molecule has 5 heteroatoms. The number of halogens is 3. The average Bonchev–Trinajstić information content (AvgIpc) is 2.80. The number of fused-ring (bicyclic) bond motifs is 1. The summed E-state index contributed by atoms with van der Waals surface area (Å²) in [5.41, 5.74) is 4.30. The maximum atomic E-state index is 6.36. The quantitative estimate of drug-likeness (QED) is 0.328. The lowest BCUT2D eigenvalue weighted by atomic mass is 10.2. The fraction of sp³-hybridized carbons (Fsp3) is 0.188. The number of imidazole rings is 1. The van der Waals surface area contributed by atoms with Gasteiger partial charge in [0, 0.05) is 8.04 Å². The highest BCUT2D eigenvalue weighted by atomic mass is 127. The monoisotopic (exact) mass is 474 g/mol. The summed E-state index contributed by atoms with van der Waals surface area (Å²) in [6.45, 7) is 4.04. The van der Waals surface area contributed by atoms with Gasteiger partial charge in [0.2, 0.25) is 0 Å². The summed E-state index contributed by atoms with van der Waals surface area (Å²) >= 11 is 12.4. The van der Waals surface area contributed by atoms with E-state index in [9.17, 15) is 0 Å². The number of aryl methyl sites for hydroxylation is 1. The number of rotatable bonds is 2. The van der Waals surface area contributed by atoms with E-state index in [1.54, 1.807) is 0 Å². The van der Waals surface area contributed by atoms with Crippen LogP contribution in [0.15, 0.2) is 40.9 Å². The third-order valence-electron chi connectivity index (χ3n) is 3.41. The number of hydrogen-bond acceptors (Lipinski definition) is 1. The molecule has 1 aromatic heterocycles. The van der Waals surface area contributed by atoms with E-state index < -0.39 is 0 Å². The Kier molecular flexibility index (Phi) is 4.30. The molecule has 0 bridgehead atoms. The van der Waals surface area contributed by atoms with E-state index in [2.05, 4.69) is 86.4 Å². The second kappa shape index (κ2) is 5.89. The SMILES string of the molecule is Cc1cccc(-n2c(C(C)Cl)nc3cc(I)ccc32)c1Br. The van der Waals surface area contributed by atoms with E-state index in [-0.39, 0.29) is 5.38 Å². The van der Waals surface area contributed by atoms with Gasteiger partial charge in [0.1, 0.15) is 5.82 Å². The molecule has 0 aliphatic carbocycles. The average molecular weight is 476 g/mol. The molecule has 0 fully saturated rings. The van der Waals surface area contributed by atoms with Gasteiger partial charge in [-0.2, -0.15) is 0 Å². The first-order valence-corrected chi connectivity index (χ1v) is 8.87. The van der Waals surface area contributed by atoms with Crippen molar-refractivity contribution in [3.05, 3.63) is 55.8 Å². The van der Waals surface area contributed by atoms with Crippen molar-refractivity contribution >= 4 is 61.2 Å². The fourth-order valence-corrected chi connectivity index (χ4v) is 3.46. The molecule has 108 valence electrons. The number of nitrogens with zero attached hydrogens (tertiary/aromatic N) is 2. The molecular formula is C16H13BrClIN2. The van der Waals surface area contributed by atoms with Gasteiger partial charge in [-0.05, 0) is 82.2 Å². The van der Waals surface area contributed by atoms with E-state index in [1.807, 2.05) is 6.92 Å². The Bertz CT molecular complexity index is 827. The lowest BCUT2D eigenvalue weighted by Gasteiger charge is -2.13. The second-order valence-electron chi connectivity index (χ2n) is 4.96. The Hall–Kier alpha value is -0.590. The summed E-state index contributed by atoms with van der Waals surface area (Å²) in [7, 11) is 0. The van der Waals surface area contributed by atoms with Crippen molar-refractivity contribution < 1.29 is 0 Å². The molecule has 0 aliphatic heterocycles. The maximum absolute atomic E-state index is 6.36. The van der Waals surface area contributed by atoms with Crippen LogP contribution in [0.2, 0.25) is 0 Å². The Labute approximate surface area is 150 Å². The Morgan fingerprint density at radius 1 is 1.29 bits per heavy atom. The van der Waals surface area contributed by atoms with Crippen LogP contribution in [0.5, 0.6) is 0 Å². The van der Waals surface area contributed by atoms with Crippen LogP contribution in [0.25, 0.3) is 16.7 Å². The normalized spacial score (nSPS) is 12.8. The molecule has 21 heavy (non-hydrogen) atoms. The topological polar surface area (TPSA) is 17.8 Å². The van der Waals surface area contributed by atoms with Crippen LogP contribution in [-0.4, -0.2) is 9.55 Å². The Balaban J connectivity index is 2.39. The highest BCUT2D eigenvalue weighted by Crippen LogP contribution is 2.33. The minimum Gasteiger partial charge on any atom is -0.294 e. The van der Waals surface area contributed by atoms with E-state index in [0.717, 1.165) is 27.0 Å². The minimum absolute atomic E-state index is 0.164. The molecule has 0 N–H and O–H groups in total. The molecule has 0 amide bonds. The van der Waals surface area contributed by atoms with Gasteiger partial charge in [0.05, 0.1) is 22.1 Å². The minimum atomic E-state index is -0.164. The lowest BCUT2D eigenvalue weighted by Crippen LogP contribution is -2.03. The third kappa shape index (κ3) is 2.73. The molecular weight excluding hydrogens is 462 g/mol. The molecule has 0 saturated heterocycles. The van der Waals surface area contributed by atoms with Gasteiger partial charge in [-0.3, -0.25) is 4.57 Å². The van der Waals surface area contributed by atoms with Crippen LogP contribution >= 0.6 is 50.1 Å². The summed E-state index contributed by atoms with van der Waals surface area (Å²) in [5.74, 6) is 0.861. The number of alkyl halides is 1. The van der Waals surface area contributed by atoms with E-state index in [0.29, 0.717) is 0 Å². The smallest absolute Gasteiger partial charge is 0.132 e. The van der Waals surface area contributed by atoms with Gasteiger partial charge in [-0.25, -0.2) is 4.98 Å². The number of benzene rings is 2. The lowest BCUT2D eigenvalue weighted by molar-refractivity contribution is 0.879. The molecule has 0 saturated carbocycles. The fourth-order valence-electron chi connectivity index (χ4n) is 2.40. The van der Waals surface area contributed by atoms with Crippen LogP contribution < -0.4 is 0 Å². The predicted octanol–water partition coefficient (Wildman–Crippen LogP) is 6.00. The Morgan fingerprint density at radius 2 is 2.05 bits per heavy atom. The zero-order valence-electron chi connectivity index (χ0n) is 11.6. The van der Waals surface area contributed by atoms with Gasteiger partial charge >= 0.3 is 0 Å². The van der Waals surface area contributed by atoms with Crippen molar-refractivity contribution in [1.82, 2.24) is 9.55 Å². The maximum Gasteiger partial charge on any atom is 0.132 e. The van der Waals surface area contributed by atoms with Crippen LogP contribution in [0.1, 0.15) is 23.7 Å². The Morgan fingerprint density at radius 3 is 2.76 bits per heavy atom. The molecule has 2 nitrogen and oxygen atoms in total. The third-order valence-corrected chi connectivity index (χ3v) is 5.31. The van der Waals surface area contributed by atoms with Crippen molar-refractivity contribution in [2.75, 3.05) is 0 Å². The molecule has 0 spiro atoms. The zero-order chi connectivity index (χ0) is 15.1. The van der Waals surface area contributed by atoms with Crippen molar-refractivity contribution in [1.29, 1.82) is 0 Å². The van der Waals surface area contributed by atoms with Crippen LogP contribution in [0.3, 0.4) is 0 Å². The van der Waals surface area contributed by atoms with Crippen LogP contribution in [-0.2, 0) is 0 Å². The zero-order valence-corrected chi connectivity index (χ0v) is 16.1. The summed E-state index contributed by atoms with van der Waals surface area (Å²) in [6.07, 6.45) is 0. The van der Waals surface area contributed by atoms with Crippen LogP contribution in [0.4, 0.5) is 0 Å². The van der Waals surface area contributed by atoms with Crippen molar-refractivity contribution in [2.24, 2.45) is 0 Å². The van der Waals surface area contributed by atoms with Crippen molar-refractivity contribution in [3.63, 3.8) is 0 Å². The standard InChI is InChI=1S/C16H13BrClIN2/c1-9-4-3-5-14(15(9)17)21-13-7-6-11(19)8-12(13)20-16(21)10(2)18/h3-8,10H,1-2H3.